The summed E-state index contributed by atoms with van der Waals surface area (Å²) in [5, 5.41) is 28.1. The van der Waals surface area contributed by atoms with Gasteiger partial charge in [-0.3, -0.25) is 4.79 Å². The summed E-state index contributed by atoms with van der Waals surface area (Å²) in [5.74, 6) is -0.492. The largest absolute Gasteiger partial charge is 0.595 e. The summed E-state index contributed by atoms with van der Waals surface area (Å²) in [6.45, 7) is 1.61. The average Bonchev–Trinajstić information content (AvgIpc) is 2.36. The van der Waals surface area contributed by atoms with E-state index in [1.54, 1.807) is 6.92 Å². The number of rotatable bonds is 5. The number of carbonyl (C=O) groups excluding carboxylic acids is 1. The molecule has 0 saturated heterocycles. The van der Waals surface area contributed by atoms with Crippen molar-refractivity contribution in [3.8, 4) is 0 Å². The molecule has 0 fully saturated rings. The van der Waals surface area contributed by atoms with E-state index in [1.165, 1.54) is 24.3 Å². The minimum Gasteiger partial charge on any atom is -0.595 e. The Morgan fingerprint density at radius 3 is 2.45 bits per heavy atom. The highest BCUT2D eigenvalue weighted by atomic mass is 16.8. The van der Waals surface area contributed by atoms with Gasteiger partial charge in [0.05, 0.1) is 6.42 Å². The van der Waals surface area contributed by atoms with E-state index >= 15 is 0 Å². The molecule has 0 aliphatic heterocycles. The number of quaternary nitrogens is 1. The molecule has 0 spiro atoms. The van der Waals surface area contributed by atoms with Crippen LogP contribution in [0.1, 0.15) is 13.3 Å². The van der Waals surface area contributed by atoms with E-state index in [-0.39, 0.29) is 24.0 Å². The van der Waals surface area contributed by atoms with Gasteiger partial charge in [0.1, 0.15) is 0 Å². The highest BCUT2D eigenvalue weighted by Crippen LogP contribution is 2.10. The number of nitrogens with one attached hydrogen (secondary N) is 2. The fourth-order valence-electron chi connectivity index (χ4n) is 1.31. The quantitative estimate of drug-likeness (QED) is 0.268. The molecular weight excluding hydrogens is 264 g/mol. The lowest BCUT2D eigenvalue weighted by atomic mass is 10.2. The van der Waals surface area contributed by atoms with Crippen LogP contribution in [0.4, 0.5) is 11.4 Å². The fraction of sp³-hybridized carbons (Fsp3) is 0.182. The zero-order chi connectivity index (χ0) is 15.1. The zero-order valence-electron chi connectivity index (χ0n) is 10.8. The fourth-order valence-corrected chi connectivity index (χ4v) is 1.31. The lowest BCUT2D eigenvalue weighted by Crippen LogP contribution is -2.99. The smallest absolute Gasteiger partial charge is 0.230 e. The van der Waals surface area contributed by atoms with Crippen molar-refractivity contribution in [2.75, 3.05) is 5.32 Å². The van der Waals surface area contributed by atoms with Crippen molar-refractivity contribution < 1.29 is 15.2 Å². The van der Waals surface area contributed by atoms with E-state index in [2.05, 4.69) is 15.5 Å². The summed E-state index contributed by atoms with van der Waals surface area (Å²) >= 11 is 0. The van der Waals surface area contributed by atoms with Gasteiger partial charge in [0.2, 0.25) is 11.9 Å². The van der Waals surface area contributed by atoms with E-state index in [4.69, 9.17) is 16.7 Å². The molecule has 1 aromatic rings. The van der Waals surface area contributed by atoms with Gasteiger partial charge in [-0.2, -0.15) is 10.3 Å². The molecule has 20 heavy (non-hydrogen) atoms. The molecule has 0 radical (unpaired) electrons. The maximum atomic E-state index is 11.7. The van der Waals surface area contributed by atoms with Crippen LogP contribution in [0, 0.1) is 5.21 Å². The molecule has 1 amide bonds. The number of guanidine groups is 1. The predicted molar refractivity (Wildman–Crippen MR) is 74.4 cm³/mol. The third-order valence-corrected chi connectivity index (χ3v) is 2.17. The van der Waals surface area contributed by atoms with Crippen LogP contribution >= 0.6 is 0 Å². The summed E-state index contributed by atoms with van der Waals surface area (Å²) in [6.07, 6.45) is 0.0253. The number of nitrogens with two attached hydrogens (primary N) is 2. The first kappa shape index (κ1) is 15.6. The third-order valence-electron chi connectivity index (χ3n) is 2.17. The van der Waals surface area contributed by atoms with Crippen LogP contribution in [-0.2, 0) is 4.79 Å². The maximum absolute atomic E-state index is 11.7. The molecule has 108 valence electrons. The Bertz CT molecular complexity index is 519. The SMILES string of the molecule is C/C(CC(=O)Nc1ccc([NH+]([O-])O)cc1)=N/N=C(N)N. The molecule has 1 unspecified atom stereocenters. The molecule has 9 heteroatoms. The number of hydrogen-bond donors (Lipinski definition) is 5. The highest BCUT2D eigenvalue weighted by Gasteiger charge is 2.06. The van der Waals surface area contributed by atoms with Crippen molar-refractivity contribution in [2.24, 2.45) is 21.7 Å². The van der Waals surface area contributed by atoms with Crippen LogP contribution in [0.3, 0.4) is 0 Å². The maximum Gasteiger partial charge on any atom is 0.230 e. The Kier molecular flexibility index (Phi) is 5.59. The first-order valence-electron chi connectivity index (χ1n) is 5.63. The van der Waals surface area contributed by atoms with Gasteiger partial charge >= 0.3 is 0 Å². The molecule has 0 aromatic heterocycles. The number of nitrogens with zero attached hydrogens (tertiary/aromatic N) is 2. The van der Waals surface area contributed by atoms with Crippen LogP contribution in [-0.4, -0.2) is 22.8 Å². The Labute approximate surface area is 115 Å². The molecule has 7 N–H and O–H groups in total. The molecule has 0 saturated carbocycles. The Morgan fingerprint density at radius 2 is 1.95 bits per heavy atom. The molecule has 0 aliphatic carbocycles. The Hall–Kier alpha value is -2.49. The van der Waals surface area contributed by atoms with Crippen LogP contribution in [0.5, 0.6) is 0 Å². The van der Waals surface area contributed by atoms with E-state index in [9.17, 15) is 10.0 Å². The number of anilines is 1. The van der Waals surface area contributed by atoms with Gasteiger partial charge in [0, 0.05) is 23.5 Å². The van der Waals surface area contributed by atoms with E-state index < -0.39 is 5.23 Å². The van der Waals surface area contributed by atoms with Crippen LogP contribution in [0.15, 0.2) is 34.5 Å². The lowest BCUT2D eigenvalue weighted by molar-refractivity contribution is -0.991. The van der Waals surface area contributed by atoms with Crippen LogP contribution in [0.2, 0.25) is 0 Å². The second-order valence-electron chi connectivity index (χ2n) is 3.97. The summed E-state index contributed by atoms with van der Waals surface area (Å²) in [4.78, 5) is 11.7. The predicted octanol–water partition coefficient (Wildman–Crippen LogP) is -0.932. The molecule has 9 nitrogen and oxygen atoms in total. The number of amides is 1. The van der Waals surface area contributed by atoms with E-state index in [0.717, 1.165) is 0 Å². The summed E-state index contributed by atoms with van der Waals surface area (Å²) in [7, 11) is 0. The van der Waals surface area contributed by atoms with Gasteiger partial charge in [-0.1, -0.05) is 0 Å². The molecule has 1 aromatic carbocycles. The number of hydrogen-bond acceptors (Lipinski definition) is 5. The van der Waals surface area contributed by atoms with E-state index in [0.29, 0.717) is 11.4 Å². The van der Waals surface area contributed by atoms with Gasteiger partial charge in [-0.05, 0) is 19.1 Å². The minimum atomic E-state index is -1.02. The summed E-state index contributed by atoms with van der Waals surface area (Å²) < 4.78 is 0. The van der Waals surface area contributed by atoms with Crippen molar-refractivity contribution in [1.29, 1.82) is 0 Å². The first-order chi connectivity index (χ1) is 9.38. The van der Waals surface area contributed by atoms with Gasteiger partial charge in [-0.25, -0.2) is 5.21 Å². The van der Waals surface area contributed by atoms with E-state index in [1.807, 2.05) is 0 Å². The first-order valence-corrected chi connectivity index (χ1v) is 5.63. The van der Waals surface area contributed by atoms with Crippen LogP contribution in [0.25, 0.3) is 0 Å². The zero-order valence-corrected chi connectivity index (χ0v) is 10.8. The van der Waals surface area contributed by atoms with Crippen molar-refractivity contribution in [3.63, 3.8) is 0 Å². The molecule has 0 bridgehead atoms. The van der Waals surface area contributed by atoms with Gasteiger partial charge in [-0.15, -0.1) is 5.10 Å². The van der Waals surface area contributed by atoms with Gasteiger partial charge in [0.25, 0.3) is 0 Å². The lowest BCUT2D eigenvalue weighted by Gasteiger charge is -2.11. The van der Waals surface area contributed by atoms with Crippen molar-refractivity contribution in [2.45, 2.75) is 13.3 Å². The normalized spacial score (nSPS) is 12.7. The molecular formula is C11H16N6O3. The average molecular weight is 280 g/mol. The van der Waals surface area contributed by atoms with Crippen molar-refractivity contribution in [1.82, 2.24) is 0 Å². The van der Waals surface area contributed by atoms with Crippen molar-refractivity contribution >= 4 is 29.0 Å². The molecule has 1 atom stereocenters. The molecule has 1 rings (SSSR count). The van der Waals surface area contributed by atoms with Crippen molar-refractivity contribution in [3.05, 3.63) is 29.5 Å². The second kappa shape index (κ2) is 7.19. The highest BCUT2D eigenvalue weighted by molar-refractivity contribution is 6.05. The monoisotopic (exact) mass is 280 g/mol. The third kappa shape index (κ3) is 5.44. The van der Waals surface area contributed by atoms with Gasteiger partial charge in [0.15, 0.2) is 5.69 Å². The minimum absolute atomic E-state index is 0.0253. The molecule has 0 heterocycles. The molecule has 0 aliphatic rings. The standard InChI is InChI=1S/C11H16N6O3/c1-7(15-16-11(12)13)6-10(18)14-8-2-4-9(5-3-8)17(19)20/h2-5,17,19H,6H2,1H3,(H,14,18)(H4,12,13,16)/b15-7-. The van der Waals surface area contributed by atoms with Gasteiger partial charge < -0.3 is 22.0 Å². The number of benzene rings is 1. The topological polar surface area (TPSA) is 154 Å². The Balaban J connectivity index is 2.58. The summed E-state index contributed by atoms with van der Waals surface area (Å²) in [5.41, 5.74) is 11.3. The number of carbonyl (C=O) groups is 1. The van der Waals surface area contributed by atoms with Crippen LogP contribution < -0.4 is 22.0 Å². The second-order valence-corrected chi connectivity index (χ2v) is 3.97. The Morgan fingerprint density at radius 1 is 1.35 bits per heavy atom. The summed E-state index contributed by atoms with van der Waals surface area (Å²) in [6, 6.07) is 5.81.